The molecule has 2 nitrogen and oxygen atoms in total. The van der Waals surface area contributed by atoms with Gasteiger partial charge in [-0.15, -0.1) is 0 Å². The van der Waals surface area contributed by atoms with E-state index in [0.717, 1.165) is 12.5 Å². The van der Waals surface area contributed by atoms with Crippen molar-refractivity contribution < 1.29 is 17.9 Å². The highest BCUT2D eigenvalue weighted by Gasteiger charge is 2.34. The van der Waals surface area contributed by atoms with Crippen molar-refractivity contribution in [1.29, 1.82) is 0 Å². The fraction of sp³-hybridized carbons (Fsp3) is 0.500. The molecule has 1 aromatic rings. The van der Waals surface area contributed by atoms with E-state index in [1.54, 1.807) is 0 Å². The van der Waals surface area contributed by atoms with Crippen LogP contribution >= 0.6 is 12.2 Å². The molecule has 0 unspecified atom stereocenters. The van der Waals surface area contributed by atoms with Gasteiger partial charge in [0.25, 0.3) is 0 Å². The maximum Gasteiger partial charge on any atom is 0.417 e. The number of nitrogens with two attached hydrogens (primary N) is 1. The lowest BCUT2D eigenvalue weighted by Crippen LogP contribution is -2.18. The van der Waals surface area contributed by atoms with E-state index in [2.05, 4.69) is 12.2 Å². The highest BCUT2D eigenvalue weighted by Crippen LogP contribution is 2.34. The maximum atomic E-state index is 12.8. The minimum absolute atomic E-state index is 0.186. The Kier molecular flexibility index (Phi) is 4.52. The zero-order valence-corrected chi connectivity index (χ0v) is 11.7. The highest BCUT2D eigenvalue weighted by atomic mass is 32.1. The zero-order valence-electron chi connectivity index (χ0n) is 10.9. The molecule has 1 fully saturated rings. The number of rotatable bonds is 5. The number of hydrogen-bond donors (Lipinski definition) is 1. The Balaban J connectivity index is 2.06. The topological polar surface area (TPSA) is 35.2 Å². The van der Waals surface area contributed by atoms with Crippen LogP contribution in [0.25, 0.3) is 0 Å². The molecule has 2 rings (SSSR count). The molecule has 1 aliphatic carbocycles. The van der Waals surface area contributed by atoms with Gasteiger partial charge in [0.2, 0.25) is 0 Å². The first-order chi connectivity index (χ1) is 9.38. The summed E-state index contributed by atoms with van der Waals surface area (Å²) < 4.78 is 43.9. The molecule has 20 heavy (non-hydrogen) atoms. The van der Waals surface area contributed by atoms with Gasteiger partial charge in [-0.05, 0) is 30.5 Å². The number of hydrogen-bond acceptors (Lipinski definition) is 2. The average molecular weight is 303 g/mol. The van der Waals surface area contributed by atoms with E-state index >= 15 is 0 Å². The van der Waals surface area contributed by atoms with Crippen molar-refractivity contribution in [2.24, 2.45) is 11.7 Å². The van der Waals surface area contributed by atoms with Crippen LogP contribution in [0, 0.1) is 5.92 Å². The van der Waals surface area contributed by atoms with Crippen molar-refractivity contribution in [3.05, 3.63) is 29.3 Å². The molecule has 0 saturated heterocycles. The van der Waals surface area contributed by atoms with Crippen LogP contribution in [0.2, 0.25) is 0 Å². The second-order valence-electron chi connectivity index (χ2n) is 5.00. The lowest BCUT2D eigenvalue weighted by Gasteiger charge is -2.25. The molecule has 0 radical (unpaired) electrons. The minimum Gasteiger partial charge on any atom is -0.494 e. The van der Waals surface area contributed by atoms with Gasteiger partial charge in [0.1, 0.15) is 10.7 Å². The third-order valence-electron chi connectivity index (χ3n) is 3.58. The molecule has 0 heterocycles. The molecular weight excluding hydrogens is 287 g/mol. The molecule has 2 N–H and O–H groups in total. The van der Waals surface area contributed by atoms with Crippen LogP contribution in [0.4, 0.5) is 13.2 Å². The Bertz CT molecular complexity index is 498. The molecule has 0 aromatic heterocycles. The molecule has 0 bridgehead atoms. The van der Waals surface area contributed by atoms with Crippen LogP contribution in [0.15, 0.2) is 18.2 Å². The number of ether oxygens (including phenoxy) is 1. The molecule has 0 spiro atoms. The maximum absolute atomic E-state index is 12.8. The van der Waals surface area contributed by atoms with Crippen molar-refractivity contribution in [1.82, 2.24) is 0 Å². The molecule has 1 aliphatic rings. The first-order valence-electron chi connectivity index (χ1n) is 6.52. The van der Waals surface area contributed by atoms with Crippen LogP contribution < -0.4 is 10.5 Å². The smallest absolute Gasteiger partial charge is 0.417 e. The largest absolute Gasteiger partial charge is 0.494 e. The van der Waals surface area contributed by atoms with Crippen molar-refractivity contribution in [2.75, 3.05) is 6.61 Å². The molecule has 1 aromatic carbocycles. The Morgan fingerprint density at radius 3 is 2.55 bits per heavy atom. The zero-order chi connectivity index (χ0) is 14.8. The Morgan fingerprint density at radius 1 is 1.35 bits per heavy atom. The highest BCUT2D eigenvalue weighted by molar-refractivity contribution is 7.80. The quantitative estimate of drug-likeness (QED) is 0.838. The minimum atomic E-state index is -4.47. The van der Waals surface area contributed by atoms with Crippen molar-refractivity contribution in [3.8, 4) is 5.75 Å². The molecule has 0 atom stereocenters. The average Bonchev–Trinajstić information content (AvgIpc) is 2.30. The number of thiocarbonyl (C=S) groups is 1. The lowest BCUT2D eigenvalue weighted by atomic mass is 9.83. The summed E-state index contributed by atoms with van der Waals surface area (Å²) in [6.07, 6.45) is 0.159. The van der Waals surface area contributed by atoms with Gasteiger partial charge < -0.3 is 10.5 Å². The van der Waals surface area contributed by atoms with Crippen molar-refractivity contribution in [2.45, 2.75) is 31.9 Å². The van der Waals surface area contributed by atoms with Crippen molar-refractivity contribution in [3.63, 3.8) is 0 Å². The second kappa shape index (κ2) is 5.99. The van der Waals surface area contributed by atoms with E-state index in [0.29, 0.717) is 18.3 Å². The summed E-state index contributed by atoms with van der Waals surface area (Å²) in [5, 5.41) is 0. The van der Waals surface area contributed by atoms with Gasteiger partial charge in [-0.3, -0.25) is 0 Å². The van der Waals surface area contributed by atoms with Crippen LogP contribution in [-0.2, 0) is 6.18 Å². The molecule has 110 valence electrons. The summed E-state index contributed by atoms with van der Waals surface area (Å²) in [5.74, 6) is 1.07. The van der Waals surface area contributed by atoms with E-state index < -0.39 is 11.7 Å². The van der Waals surface area contributed by atoms with E-state index in [-0.39, 0.29) is 10.6 Å². The lowest BCUT2D eigenvalue weighted by molar-refractivity contribution is -0.137. The summed E-state index contributed by atoms with van der Waals surface area (Å²) >= 11 is 4.68. The fourth-order valence-electron chi connectivity index (χ4n) is 2.19. The Labute approximate surface area is 121 Å². The summed E-state index contributed by atoms with van der Waals surface area (Å²) in [6, 6.07) is 3.55. The summed E-state index contributed by atoms with van der Waals surface area (Å²) in [4.78, 5) is -0.276. The monoisotopic (exact) mass is 303 g/mol. The van der Waals surface area contributed by atoms with E-state index in [1.807, 2.05) is 0 Å². The van der Waals surface area contributed by atoms with E-state index in [9.17, 15) is 13.2 Å². The number of halogens is 3. The Hall–Kier alpha value is -1.30. The molecular formula is C14H16F3NOS. The molecule has 0 amide bonds. The normalized spacial score (nSPS) is 15.8. The molecule has 1 saturated carbocycles. The predicted octanol–water partition coefficient (Wildman–Crippen LogP) is 3.91. The first-order valence-corrected chi connectivity index (χ1v) is 6.92. The predicted molar refractivity (Wildman–Crippen MR) is 74.8 cm³/mol. The van der Waals surface area contributed by atoms with Gasteiger partial charge >= 0.3 is 6.18 Å². The SMILES string of the molecule is NC(=S)c1cc(OCCC2CCC2)ccc1C(F)(F)F. The molecule has 6 heteroatoms. The van der Waals surface area contributed by atoms with Gasteiger partial charge in [0.15, 0.2) is 0 Å². The van der Waals surface area contributed by atoms with E-state index in [1.165, 1.54) is 31.4 Å². The van der Waals surface area contributed by atoms with Crippen LogP contribution in [0.3, 0.4) is 0 Å². The summed E-state index contributed by atoms with van der Waals surface area (Å²) in [7, 11) is 0. The standard InChI is InChI=1S/C14H16F3NOS/c15-14(16,17)12-5-4-10(8-11(12)13(18)20)19-7-6-9-2-1-3-9/h4-5,8-9H,1-3,6-7H2,(H2,18,20). The Morgan fingerprint density at radius 2 is 2.05 bits per heavy atom. The first kappa shape index (κ1) is 15.1. The third-order valence-corrected chi connectivity index (χ3v) is 3.80. The van der Waals surface area contributed by atoms with Crippen LogP contribution in [0.5, 0.6) is 5.75 Å². The molecule has 0 aliphatic heterocycles. The van der Waals surface area contributed by atoms with Gasteiger partial charge in [-0.2, -0.15) is 13.2 Å². The second-order valence-corrected chi connectivity index (χ2v) is 5.44. The van der Waals surface area contributed by atoms with Gasteiger partial charge in [0, 0.05) is 5.56 Å². The van der Waals surface area contributed by atoms with Gasteiger partial charge in [-0.1, -0.05) is 31.5 Å². The number of benzene rings is 1. The number of alkyl halides is 3. The van der Waals surface area contributed by atoms with Gasteiger partial charge in [-0.25, -0.2) is 0 Å². The van der Waals surface area contributed by atoms with E-state index in [4.69, 9.17) is 10.5 Å². The summed E-state index contributed by atoms with van der Waals surface area (Å²) in [6.45, 7) is 0.507. The van der Waals surface area contributed by atoms with Crippen molar-refractivity contribution >= 4 is 17.2 Å². The van der Waals surface area contributed by atoms with Crippen LogP contribution in [0.1, 0.15) is 36.8 Å². The van der Waals surface area contributed by atoms with Gasteiger partial charge in [0.05, 0.1) is 12.2 Å². The van der Waals surface area contributed by atoms with Crippen LogP contribution in [-0.4, -0.2) is 11.6 Å². The third kappa shape index (κ3) is 3.62. The fourth-order valence-corrected chi connectivity index (χ4v) is 2.36. The summed E-state index contributed by atoms with van der Waals surface area (Å²) in [5.41, 5.74) is 4.35.